The van der Waals surface area contributed by atoms with Gasteiger partial charge in [-0.2, -0.15) is 5.10 Å². The maximum Gasteiger partial charge on any atom is 0.143 e. The summed E-state index contributed by atoms with van der Waals surface area (Å²) >= 11 is 0. The largest absolute Gasteiger partial charge is 0.360 e. The number of nitrogens with zero attached hydrogens (tertiary/aromatic N) is 3. The predicted molar refractivity (Wildman–Crippen MR) is 105 cm³/mol. The highest BCUT2D eigenvalue weighted by Gasteiger charge is 2.26. The van der Waals surface area contributed by atoms with Crippen molar-refractivity contribution in [1.82, 2.24) is 20.3 Å². The fourth-order valence-electron chi connectivity index (χ4n) is 3.96. The minimum absolute atomic E-state index is 0.845. The van der Waals surface area contributed by atoms with E-state index < -0.39 is 0 Å². The van der Waals surface area contributed by atoms with Crippen molar-refractivity contribution in [2.45, 2.75) is 32.9 Å². The highest BCUT2D eigenvalue weighted by atomic mass is 16.5. The van der Waals surface area contributed by atoms with Crippen LogP contribution in [0.15, 0.2) is 53.1 Å². The van der Waals surface area contributed by atoms with Crippen molar-refractivity contribution >= 4 is 10.8 Å². The zero-order valence-electron chi connectivity index (χ0n) is 15.4. The molecule has 0 amide bonds. The number of aromatic nitrogens is 3. The first-order valence-corrected chi connectivity index (χ1v) is 9.53. The molecule has 0 atom stereocenters. The standard InChI is InChI=1S/C22H22N4O/c1-2-16-12-17(24-23-16)13-26-11-10-21-20(14-26)22(25-27-21)19-9-5-7-15-6-3-4-8-18(15)19/h3-9,12H,2,10-11,13-14H2,1H3,(H,23,24). The van der Waals surface area contributed by atoms with Gasteiger partial charge in [-0.1, -0.05) is 54.5 Å². The average molecular weight is 358 g/mol. The number of hydrogen-bond acceptors (Lipinski definition) is 4. The molecule has 27 heavy (non-hydrogen) atoms. The number of nitrogens with one attached hydrogen (secondary N) is 1. The van der Waals surface area contributed by atoms with Gasteiger partial charge in [0.15, 0.2) is 0 Å². The van der Waals surface area contributed by atoms with Gasteiger partial charge in [-0.3, -0.25) is 10.00 Å². The summed E-state index contributed by atoms with van der Waals surface area (Å²) in [6, 6.07) is 17.0. The van der Waals surface area contributed by atoms with Gasteiger partial charge in [0.25, 0.3) is 0 Å². The summed E-state index contributed by atoms with van der Waals surface area (Å²) < 4.78 is 5.71. The zero-order valence-corrected chi connectivity index (χ0v) is 15.4. The van der Waals surface area contributed by atoms with Gasteiger partial charge in [0, 0.05) is 42.9 Å². The molecule has 2 aromatic heterocycles. The summed E-state index contributed by atoms with van der Waals surface area (Å²) in [5.41, 5.74) is 5.62. The van der Waals surface area contributed by atoms with E-state index in [4.69, 9.17) is 4.52 Å². The Kier molecular flexibility index (Phi) is 4.02. The van der Waals surface area contributed by atoms with Crippen molar-refractivity contribution in [2.75, 3.05) is 6.54 Å². The minimum atomic E-state index is 0.845. The highest BCUT2D eigenvalue weighted by molar-refractivity contribution is 5.96. The van der Waals surface area contributed by atoms with Crippen LogP contribution in [0.4, 0.5) is 0 Å². The second-order valence-corrected chi connectivity index (χ2v) is 7.16. The van der Waals surface area contributed by atoms with Crippen LogP contribution >= 0.6 is 0 Å². The average Bonchev–Trinajstić information content (AvgIpc) is 3.34. The fraction of sp³-hybridized carbons (Fsp3) is 0.273. The van der Waals surface area contributed by atoms with E-state index in [0.29, 0.717) is 0 Å². The molecule has 0 radical (unpaired) electrons. The van der Waals surface area contributed by atoms with E-state index in [1.54, 1.807) is 0 Å². The van der Waals surface area contributed by atoms with Crippen LogP contribution in [0.25, 0.3) is 22.0 Å². The van der Waals surface area contributed by atoms with Gasteiger partial charge in [-0.25, -0.2) is 0 Å². The van der Waals surface area contributed by atoms with Crippen molar-refractivity contribution in [3.05, 3.63) is 71.2 Å². The Morgan fingerprint density at radius 2 is 2.04 bits per heavy atom. The van der Waals surface area contributed by atoms with Crippen molar-refractivity contribution in [3.63, 3.8) is 0 Å². The van der Waals surface area contributed by atoms with E-state index in [2.05, 4.69) is 75.7 Å². The Morgan fingerprint density at radius 1 is 1.15 bits per heavy atom. The number of H-pyrrole nitrogens is 1. The van der Waals surface area contributed by atoms with Gasteiger partial charge in [-0.05, 0) is 23.3 Å². The van der Waals surface area contributed by atoms with Gasteiger partial charge in [-0.15, -0.1) is 0 Å². The smallest absolute Gasteiger partial charge is 0.143 e. The summed E-state index contributed by atoms with van der Waals surface area (Å²) in [4.78, 5) is 2.43. The lowest BCUT2D eigenvalue weighted by molar-refractivity contribution is 0.226. The summed E-state index contributed by atoms with van der Waals surface area (Å²) in [6.45, 7) is 4.81. The number of hydrogen-bond donors (Lipinski definition) is 1. The third-order valence-electron chi connectivity index (χ3n) is 5.39. The van der Waals surface area contributed by atoms with Crippen molar-refractivity contribution in [2.24, 2.45) is 0 Å². The van der Waals surface area contributed by atoms with E-state index in [0.717, 1.165) is 55.2 Å². The lowest BCUT2D eigenvalue weighted by atomic mass is 9.97. The molecule has 5 nitrogen and oxygen atoms in total. The second kappa shape index (κ2) is 6.67. The van der Waals surface area contributed by atoms with Crippen LogP contribution in [0.5, 0.6) is 0 Å². The molecule has 1 aliphatic rings. The Hall–Kier alpha value is -2.92. The van der Waals surface area contributed by atoms with E-state index >= 15 is 0 Å². The Balaban J connectivity index is 1.47. The zero-order chi connectivity index (χ0) is 18.2. The molecular formula is C22H22N4O. The van der Waals surface area contributed by atoms with Crippen LogP contribution in [0.3, 0.4) is 0 Å². The predicted octanol–water partition coefficient (Wildman–Crippen LogP) is 4.34. The Labute approximate surface area is 158 Å². The first-order chi connectivity index (χ1) is 13.3. The maximum absolute atomic E-state index is 5.71. The van der Waals surface area contributed by atoms with Gasteiger partial charge in [0.2, 0.25) is 0 Å². The van der Waals surface area contributed by atoms with Gasteiger partial charge in [0.1, 0.15) is 11.5 Å². The summed E-state index contributed by atoms with van der Waals surface area (Å²) in [5, 5.41) is 14.4. The van der Waals surface area contributed by atoms with Crippen molar-refractivity contribution < 1.29 is 4.52 Å². The molecule has 2 aromatic carbocycles. The van der Waals surface area contributed by atoms with Crippen LogP contribution in [-0.4, -0.2) is 26.8 Å². The molecule has 0 unspecified atom stereocenters. The molecule has 0 saturated heterocycles. The van der Waals surface area contributed by atoms with Crippen molar-refractivity contribution in [1.29, 1.82) is 0 Å². The second-order valence-electron chi connectivity index (χ2n) is 7.16. The third-order valence-corrected chi connectivity index (χ3v) is 5.39. The molecule has 0 spiro atoms. The molecule has 5 heteroatoms. The molecular weight excluding hydrogens is 336 g/mol. The van der Waals surface area contributed by atoms with Crippen LogP contribution in [0.2, 0.25) is 0 Å². The maximum atomic E-state index is 5.71. The number of rotatable bonds is 4. The van der Waals surface area contributed by atoms with Crippen LogP contribution < -0.4 is 0 Å². The molecule has 0 fully saturated rings. The molecule has 0 bridgehead atoms. The van der Waals surface area contributed by atoms with Crippen LogP contribution in [0.1, 0.15) is 29.6 Å². The Bertz CT molecular complexity index is 1090. The minimum Gasteiger partial charge on any atom is -0.360 e. The number of fused-ring (bicyclic) bond motifs is 2. The SMILES string of the molecule is CCc1cc(CN2CCc3onc(-c4cccc5ccccc45)c3C2)[nH]n1. The van der Waals surface area contributed by atoms with Gasteiger partial charge >= 0.3 is 0 Å². The van der Waals surface area contributed by atoms with E-state index in [9.17, 15) is 0 Å². The molecule has 3 heterocycles. The lowest BCUT2D eigenvalue weighted by Crippen LogP contribution is -2.29. The molecule has 4 aromatic rings. The molecule has 1 aliphatic heterocycles. The first-order valence-electron chi connectivity index (χ1n) is 9.53. The molecule has 0 aliphatic carbocycles. The van der Waals surface area contributed by atoms with Crippen molar-refractivity contribution in [3.8, 4) is 11.3 Å². The first kappa shape index (κ1) is 16.3. The quantitative estimate of drug-likeness (QED) is 0.590. The summed E-state index contributed by atoms with van der Waals surface area (Å²) in [7, 11) is 0. The van der Waals surface area contributed by atoms with E-state index in [-0.39, 0.29) is 0 Å². The highest BCUT2D eigenvalue weighted by Crippen LogP contribution is 2.34. The number of aromatic amines is 1. The molecule has 0 saturated carbocycles. The topological polar surface area (TPSA) is 58.0 Å². The summed E-state index contributed by atoms with van der Waals surface area (Å²) in [5.74, 6) is 1.02. The normalized spacial score (nSPS) is 14.6. The van der Waals surface area contributed by atoms with E-state index in [1.807, 2.05) is 0 Å². The lowest BCUT2D eigenvalue weighted by Gasteiger charge is -2.25. The van der Waals surface area contributed by atoms with E-state index in [1.165, 1.54) is 22.0 Å². The fourth-order valence-corrected chi connectivity index (χ4v) is 3.96. The monoisotopic (exact) mass is 358 g/mol. The van der Waals surface area contributed by atoms with Crippen LogP contribution in [-0.2, 0) is 25.9 Å². The molecule has 136 valence electrons. The Morgan fingerprint density at radius 3 is 2.93 bits per heavy atom. The molecule has 1 N–H and O–H groups in total. The number of benzene rings is 2. The number of aryl methyl sites for hydroxylation is 1. The van der Waals surface area contributed by atoms with Crippen LogP contribution in [0, 0.1) is 0 Å². The molecule has 5 rings (SSSR count). The third kappa shape index (κ3) is 2.94. The van der Waals surface area contributed by atoms with Gasteiger partial charge in [0.05, 0.1) is 5.69 Å². The summed E-state index contributed by atoms with van der Waals surface area (Å²) in [6.07, 6.45) is 1.85. The van der Waals surface area contributed by atoms with Gasteiger partial charge < -0.3 is 4.52 Å².